The largest absolute Gasteiger partial charge is 0.345 e. The smallest absolute Gasteiger partial charge is 0.147 e. The predicted molar refractivity (Wildman–Crippen MR) is 568 cm³/mol. The number of halogens is 3. The molecule has 12 aromatic rings. The molecule has 3 aromatic heterocycles. The molecule has 0 bridgehead atoms. The average Bonchev–Trinajstić information content (AvgIpc) is 1.71. The van der Waals surface area contributed by atoms with E-state index in [0.717, 1.165) is 55.8 Å². The van der Waals surface area contributed by atoms with Gasteiger partial charge in [-0.05, 0) is 337 Å². The molecule has 9 aromatic carbocycles. The molecule has 0 aliphatic carbocycles. The number of aryl methyl sites for hydroxylation is 9. The summed E-state index contributed by atoms with van der Waals surface area (Å²) in [5.74, 6) is 3.16. The van der Waals surface area contributed by atoms with Gasteiger partial charge in [0.05, 0.1) is 33.4 Å². The van der Waals surface area contributed by atoms with Crippen LogP contribution in [0.15, 0.2) is 237 Å². The van der Waals surface area contributed by atoms with Crippen LogP contribution in [0.2, 0.25) is 5.02 Å². The molecule has 0 fully saturated rings. The number of benzene rings is 9. The summed E-state index contributed by atoms with van der Waals surface area (Å²) in [7, 11) is 0. The van der Waals surface area contributed by atoms with E-state index in [-0.39, 0.29) is 17.7 Å². The summed E-state index contributed by atoms with van der Waals surface area (Å²) in [6, 6.07) is 61.8. The minimum atomic E-state index is -0.188. The molecular weight excluding hydrogens is 1660 g/mol. The van der Waals surface area contributed by atoms with Crippen molar-refractivity contribution in [2.24, 2.45) is 0 Å². The quantitative estimate of drug-likeness (QED) is 0.136. The Morgan fingerprint density at radius 1 is 0.357 bits per heavy atom. The van der Waals surface area contributed by atoms with Gasteiger partial charge in [-0.2, -0.15) is 5.26 Å². The molecule has 4 aliphatic heterocycles. The van der Waals surface area contributed by atoms with Crippen LogP contribution in [0.5, 0.6) is 0 Å². The molecule has 0 spiro atoms. The van der Waals surface area contributed by atoms with Gasteiger partial charge in [0.15, 0.2) is 0 Å². The number of nitriles is 1. The van der Waals surface area contributed by atoms with Crippen molar-refractivity contribution in [2.45, 2.75) is 260 Å². The van der Waals surface area contributed by atoms with E-state index in [1.54, 1.807) is 30.4 Å². The van der Waals surface area contributed by atoms with E-state index in [1.807, 2.05) is 115 Å². The van der Waals surface area contributed by atoms with Crippen molar-refractivity contribution in [3.63, 3.8) is 0 Å². The standard InChI is InChI=1S/C14H17N.C13H14FN.C13H15N.2C12H14S.C11H15F.C11H13N.C11H16.C10H13Cl.C10H12N2S/c1-10(2)15-8-7-13-9-11(3)5-6-14(13)12(15)4;1-9(2)15-8-13(14)12-7-5-4-6-11(12)10(15)3;1-10(2)14-9-8-12-6-4-5-7-13(12)11(14)3;1-8(2)11-7-10-4-5-13-12(10)6-9(11)3;1-8(2)11-7-12-10(4-5-13-12)6-9(11)3;1-7(2)10-6-11(12)9(4)5-8(10)3;1-8(2)11-5-4-10(7-12)6-9(11)3;1-8(2)11-6-5-9(3)7-10(11)4;1-7(2)10-5-4-9(11)6-8(10)3;1-7(2)12-5-4-9-10(8(12)3)13-6-11-9/h5-10H,4H2,1-3H3;4-9H,3H2,1-2H3;4-10H,3H2,1-2H3;2*4-8H,1-3H3;5-7H,1-4H3;4-6,8H,1-3H3;5-8H,1-4H3;4-7H,1-3H3;4-7H,3H2,1-2H3. The summed E-state index contributed by atoms with van der Waals surface area (Å²) >= 11 is 11.1. The molecular formula is C117H143ClF2N6S3. The Morgan fingerprint density at radius 3 is 1.29 bits per heavy atom. The minimum Gasteiger partial charge on any atom is -0.345 e. The van der Waals surface area contributed by atoms with Gasteiger partial charge in [0.25, 0.3) is 0 Å². The van der Waals surface area contributed by atoms with Crippen LogP contribution in [-0.2, 0) is 0 Å². The molecule has 16 rings (SSSR count). The molecule has 0 N–H and O–H groups in total. The summed E-state index contributed by atoms with van der Waals surface area (Å²) in [6.07, 6.45) is 14.1. The molecule has 0 unspecified atom stereocenters. The highest BCUT2D eigenvalue weighted by molar-refractivity contribution is 7.17. The van der Waals surface area contributed by atoms with E-state index < -0.39 is 0 Å². The molecule has 7 heterocycles. The van der Waals surface area contributed by atoms with Gasteiger partial charge in [-0.25, -0.2) is 13.8 Å². The van der Waals surface area contributed by atoms with Gasteiger partial charge in [0.2, 0.25) is 0 Å². The van der Waals surface area contributed by atoms with Crippen LogP contribution in [0, 0.1) is 79.5 Å². The number of hydrogen-bond donors (Lipinski definition) is 0. The second kappa shape index (κ2) is 49.3. The molecule has 6 nitrogen and oxygen atoms in total. The van der Waals surface area contributed by atoms with Crippen molar-refractivity contribution < 1.29 is 8.78 Å². The molecule has 0 atom stereocenters. The second-order valence-electron chi connectivity index (χ2n) is 36.8. The molecule has 0 saturated carbocycles. The summed E-state index contributed by atoms with van der Waals surface area (Å²) in [5, 5.41) is 16.6. The topological polar surface area (TPSA) is 49.6 Å². The van der Waals surface area contributed by atoms with Crippen molar-refractivity contribution >= 4 is 113 Å². The first kappa shape index (κ1) is 105. The van der Waals surface area contributed by atoms with Gasteiger partial charge in [-0.3, -0.25) is 0 Å². The maximum atomic E-state index is 13.7. The molecule has 680 valence electrons. The number of fused-ring (bicyclic) bond motifs is 6. The average molecular weight is 1800 g/mol. The molecule has 0 amide bonds. The lowest BCUT2D eigenvalue weighted by molar-refractivity contribution is 0.430. The van der Waals surface area contributed by atoms with E-state index in [2.05, 4.69) is 370 Å². The van der Waals surface area contributed by atoms with Gasteiger partial charge >= 0.3 is 0 Å². The summed E-state index contributed by atoms with van der Waals surface area (Å²) < 4.78 is 29.7. The lowest BCUT2D eigenvalue weighted by atomic mass is 9.96. The Bertz CT molecular complexity index is 5830. The van der Waals surface area contributed by atoms with Crippen LogP contribution in [0.25, 0.3) is 67.0 Å². The van der Waals surface area contributed by atoms with Gasteiger partial charge in [0.1, 0.15) is 11.6 Å². The SMILES string of the molecule is C=C1c2ccc(C)cc2C=CN1C(C)C.C=C1c2ccccc2C(F)=CN1C(C)C.C=C1c2ccccc2C=CN1C(C)C.C=C1c2scnc2C=CN1C(C)C.Cc1cc(C#N)ccc1C(C)C.Cc1cc(C)c(C(C)C)cc1F.Cc1cc(Cl)ccc1C(C)C.Cc1cc2ccsc2cc1C(C)C.Cc1cc2sccc2cc1C(C)C.Cc1ccc(C(C)C)c(C)c1. The van der Waals surface area contributed by atoms with Crippen LogP contribution in [0.3, 0.4) is 0 Å². The number of hydrogen-bond acceptors (Lipinski definition) is 9. The van der Waals surface area contributed by atoms with Crippen LogP contribution in [0.4, 0.5) is 8.78 Å². The molecule has 0 radical (unpaired) electrons. The zero-order chi connectivity index (χ0) is 95.7. The third kappa shape index (κ3) is 29.4. The molecule has 0 saturated heterocycles. The Labute approximate surface area is 792 Å². The lowest BCUT2D eigenvalue weighted by Crippen LogP contribution is -2.26. The van der Waals surface area contributed by atoms with Crippen molar-refractivity contribution in [2.75, 3.05) is 0 Å². The van der Waals surface area contributed by atoms with Crippen LogP contribution in [0.1, 0.15) is 307 Å². The number of aromatic nitrogens is 1. The van der Waals surface area contributed by atoms with Crippen molar-refractivity contribution in [1.82, 2.24) is 24.6 Å². The van der Waals surface area contributed by atoms with Gasteiger partial charge in [-0.1, -0.05) is 241 Å². The summed E-state index contributed by atoms with van der Waals surface area (Å²) in [4.78, 5) is 13.9. The van der Waals surface area contributed by atoms with E-state index in [1.165, 1.54) is 126 Å². The van der Waals surface area contributed by atoms with E-state index in [4.69, 9.17) is 16.9 Å². The van der Waals surface area contributed by atoms with Crippen LogP contribution < -0.4 is 0 Å². The van der Waals surface area contributed by atoms with Crippen molar-refractivity contribution in [3.8, 4) is 6.07 Å². The minimum absolute atomic E-state index is 0.0932. The fourth-order valence-electron chi connectivity index (χ4n) is 16.1. The first-order chi connectivity index (χ1) is 60.8. The van der Waals surface area contributed by atoms with E-state index >= 15 is 0 Å². The Balaban J connectivity index is 0.000000197. The van der Waals surface area contributed by atoms with Gasteiger partial charge < -0.3 is 19.6 Å². The zero-order valence-corrected chi connectivity index (χ0v) is 85.8. The normalized spacial score (nSPS) is 12.7. The van der Waals surface area contributed by atoms with Crippen molar-refractivity contribution in [1.29, 1.82) is 5.26 Å². The van der Waals surface area contributed by atoms with E-state index in [9.17, 15) is 8.78 Å². The highest BCUT2D eigenvalue weighted by atomic mass is 35.5. The Hall–Kier alpha value is -10.7. The zero-order valence-electron chi connectivity index (χ0n) is 82.6. The third-order valence-corrected chi connectivity index (χ3v) is 26.0. The predicted octanol–water partition coefficient (Wildman–Crippen LogP) is 35.9. The van der Waals surface area contributed by atoms with Crippen molar-refractivity contribution in [3.05, 3.63) is 381 Å². The number of thiazole rings is 1. The van der Waals surface area contributed by atoms with E-state index in [0.29, 0.717) is 59.2 Å². The molecule has 129 heavy (non-hydrogen) atoms. The second-order valence-corrected chi connectivity index (χ2v) is 40.0. The molecule has 4 aliphatic rings. The Morgan fingerprint density at radius 2 is 0.767 bits per heavy atom. The number of thiophene rings is 2. The van der Waals surface area contributed by atoms with Gasteiger partial charge in [0, 0.05) is 103 Å². The highest BCUT2D eigenvalue weighted by Crippen LogP contribution is 2.38. The maximum Gasteiger partial charge on any atom is 0.147 e. The van der Waals surface area contributed by atoms with Gasteiger partial charge in [-0.15, -0.1) is 34.0 Å². The summed E-state index contributed by atoms with van der Waals surface area (Å²) in [6.45, 7) is 78.6. The lowest BCUT2D eigenvalue weighted by Gasteiger charge is -2.31. The monoisotopic (exact) mass is 1800 g/mol. The van der Waals surface area contributed by atoms with Crippen LogP contribution >= 0.6 is 45.6 Å². The van der Waals surface area contributed by atoms with Crippen LogP contribution in [-0.4, -0.2) is 48.8 Å². The Kier molecular flexibility index (Phi) is 40.3. The molecule has 12 heteroatoms. The number of nitrogens with zero attached hydrogens (tertiary/aromatic N) is 6. The maximum absolute atomic E-state index is 13.7. The highest BCUT2D eigenvalue weighted by Gasteiger charge is 2.24. The summed E-state index contributed by atoms with van der Waals surface area (Å²) in [5.41, 5.74) is 33.9. The fourth-order valence-corrected chi connectivity index (χ4v) is 18.8. The fraction of sp³-hybridized carbons (Fsp3) is 0.333. The third-order valence-electron chi connectivity index (χ3n) is 23.1. The first-order valence-corrected chi connectivity index (χ1v) is 48.5. The number of rotatable bonds is 10. The first-order valence-electron chi connectivity index (χ1n) is 45.5.